The first-order valence-electron chi connectivity index (χ1n) is 5.95. The molecule has 1 heteroatoms. The predicted octanol–water partition coefficient (Wildman–Crippen LogP) is 2.87. The van der Waals surface area contributed by atoms with Gasteiger partial charge in [0, 0.05) is 0 Å². The summed E-state index contributed by atoms with van der Waals surface area (Å²) < 4.78 is 0. The highest BCUT2D eigenvalue weighted by atomic mass is 16.3. The van der Waals surface area contributed by atoms with Crippen LogP contribution >= 0.6 is 0 Å². The Kier molecular flexibility index (Phi) is 1.59. The van der Waals surface area contributed by atoms with E-state index in [0.717, 1.165) is 12.8 Å². The molecule has 0 bridgehead atoms. The maximum absolute atomic E-state index is 9.76. The van der Waals surface area contributed by atoms with Gasteiger partial charge in [0.15, 0.2) is 0 Å². The van der Waals surface area contributed by atoms with Crippen molar-refractivity contribution in [3.63, 3.8) is 0 Å². The van der Waals surface area contributed by atoms with E-state index in [1.807, 2.05) is 0 Å². The van der Waals surface area contributed by atoms with Crippen molar-refractivity contribution in [3.8, 4) is 0 Å². The normalized spacial score (nSPS) is 54.7. The molecular formula is C12H20O. The van der Waals surface area contributed by atoms with E-state index in [1.165, 1.54) is 44.9 Å². The van der Waals surface area contributed by atoms with E-state index in [-0.39, 0.29) is 6.10 Å². The maximum Gasteiger partial charge on any atom is 0.0546 e. The molecule has 0 amide bonds. The van der Waals surface area contributed by atoms with Gasteiger partial charge in [-0.15, -0.1) is 0 Å². The summed E-state index contributed by atoms with van der Waals surface area (Å²) in [6, 6.07) is 0. The molecular weight excluding hydrogens is 160 g/mol. The van der Waals surface area contributed by atoms with Gasteiger partial charge in [-0.2, -0.15) is 0 Å². The van der Waals surface area contributed by atoms with Gasteiger partial charge >= 0.3 is 0 Å². The van der Waals surface area contributed by atoms with Crippen molar-refractivity contribution in [2.45, 2.75) is 63.9 Å². The van der Waals surface area contributed by atoms with E-state index in [0.29, 0.717) is 10.8 Å². The second-order valence-corrected chi connectivity index (χ2v) is 5.66. The predicted molar refractivity (Wildman–Crippen MR) is 52.4 cm³/mol. The average molecular weight is 180 g/mol. The monoisotopic (exact) mass is 180 g/mol. The van der Waals surface area contributed by atoms with Gasteiger partial charge < -0.3 is 5.11 Å². The van der Waals surface area contributed by atoms with Gasteiger partial charge in [-0.1, -0.05) is 12.8 Å². The lowest BCUT2D eigenvalue weighted by molar-refractivity contribution is -0.175. The van der Waals surface area contributed by atoms with Gasteiger partial charge in [-0.05, 0) is 55.8 Å². The maximum atomic E-state index is 9.76. The largest absolute Gasteiger partial charge is 0.393 e. The first kappa shape index (κ1) is 8.28. The Bertz CT molecular complexity index is 225. The van der Waals surface area contributed by atoms with Crippen LogP contribution in [0, 0.1) is 10.8 Å². The summed E-state index contributed by atoms with van der Waals surface area (Å²) in [7, 11) is 0. The zero-order valence-electron chi connectivity index (χ0n) is 8.39. The minimum atomic E-state index is 0.0338. The molecule has 3 fully saturated rings. The highest BCUT2D eigenvalue weighted by molar-refractivity contribution is 5.11. The van der Waals surface area contributed by atoms with Crippen LogP contribution in [-0.4, -0.2) is 11.2 Å². The van der Waals surface area contributed by atoms with Crippen molar-refractivity contribution in [2.24, 2.45) is 10.8 Å². The number of rotatable bonds is 0. The summed E-state index contributed by atoms with van der Waals surface area (Å²) in [4.78, 5) is 0. The van der Waals surface area contributed by atoms with Crippen LogP contribution in [0.25, 0.3) is 0 Å². The Balaban J connectivity index is 1.89. The Morgan fingerprint density at radius 1 is 0.846 bits per heavy atom. The fraction of sp³-hybridized carbons (Fsp3) is 1.00. The molecule has 3 atom stereocenters. The summed E-state index contributed by atoms with van der Waals surface area (Å²) in [5, 5.41) is 9.76. The number of hydrogen-bond acceptors (Lipinski definition) is 1. The fourth-order valence-corrected chi connectivity index (χ4v) is 4.47. The van der Waals surface area contributed by atoms with Gasteiger partial charge in [-0.25, -0.2) is 0 Å². The molecule has 0 saturated heterocycles. The molecule has 3 saturated carbocycles. The minimum Gasteiger partial charge on any atom is -0.393 e. The van der Waals surface area contributed by atoms with Crippen LogP contribution in [0.15, 0.2) is 0 Å². The Hall–Kier alpha value is -0.0400. The average Bonchev–Trinajstić information content (AvgIpc) is 2.11. The highest BCUT2D eigenvalue weighted by Crippen LogP contribution is 2.70. The van der Waals surface area contributed by atoms with E-state index in [2.05, 4.69) is 0 Å². The molecule has 0 aromatic heterocycles. The van der Waals surface area contributed by atoms with Crippen LogP contribution in [0.5, 0.6) is 0 Å². The minimum absolute atomic E-state index is 0.0338. The second-order valence-electron chi connectivity index (χ2n) is 5.66. The van der Waals surface area contributed by atoms with Gasteiger partial charge in [0.05, 0.1) is 6.10 Å². The lowest BCUT2D eigenvalue weighted by Gasteiger charge is -2.66. The fourth-order valence-electron chi connectivity index (χ4n) is 4.47. The molecule has 0 radical (unpaired) electrons. The molecule has 3 unspecified atom stereocenters. The molecule has 0 aromatic rings. The second kappa shape index (κ2) is 2.50. The van der Waals surface area contributed by atoms with Gasteiger partial charge in [-0.3, -0.25) is 0 Å². The van der Waals surface area contributed by atoms with E-state index < -0.39 is 0 Å². The Labute approximate surface area is 80.5 Å². The van der Waals surface area contributed by atoms with E-state index in [9.17, 15) is 5.11 Å². The van der Waals surface area contributed by atoms with Crippen molar-refractivity contribution in [2.75, 3.05) is 0 Å². The van der Waals surface area contributed by atoms with Crippen LogP contribution in [0.1, 0.15) is 57.8 Å². The topological polar surface area (TPSA) is 20.2 Å². The molecule has 0 spiro atoms. The smallest absolute Gasteiger partial charge is 0.0546 e. The molecule has 0 aliphatic heterocycles. The van der Waals surface area contributed by atoms with Crippen LogP contribution in [0.4, 0.5) is 0 Å². The van der Waals surface area contributed by atoms with Gasteiger partial charge in [0.25, 0.3) is 0 Å². The molecule has 13 heavy (non-hydrogen) atoms. The molecule has 0 aromatic carbocycles. The van der Waals surface area contributed by atoms with Crippen LogP contribution in [0.2, 0.25) is 0 Å². The van der Waals surface area contributed by atoms with E-state index in [4.69, 9.17) is 0 Å². The first-order chi connectivity index (χ1) is 6.27. The van der Waals surface area contributed by atoms with E-state index in [1.54, 1.807) is 0 Å². The van der Waals surface area contributed by atoms with Crippen LogP contribution in [0.3, 0.4) is 0 Å². The van der Waals surface area contributed by atoms with Crippen molar-refractivity contribution in [1.82, 2.24) is 0 Å². The third-order valence-corrected chi connectivity index (χ3v) is 5.35. The Morgan fingerprint density at radius 2 is 1.54 bits per heavy atom. The summed E-state index contributed by atoms with van der Waals surface area (Å²) in [6.45, 7) is 0. The molecule has 3 aliphatic carbocycles. The van der Waals surface area contributed by atoms with Crippen molar-refractivity contribution in [3.05, 3.63) is 0 Å². The lowest BCUT2D eigenvalue weighted by Crippen LogP contribution is -2.57. The van der Waals surface area contributed by atoms with Crippen molar-refractivity contribution >= 4 is 0 Å². The standard InChI is InChI=1S/C12H20O/c13-10-3-6-11-4-1-2-5-12(11,9-10)8-7-11/h10,13H,1-9H2. The lowest BCUT2D eigenvalue weighted by atomic mass is 9.39. The van der Waals surface area contributed by atoms with Crippen molar-refractivity contribution < 1.29 is 5.11 Å². The summed E-state index contributed by atoms with van der Waals surface area (Å²) in [5.41, 5.74) is 1.33. The number of hydrogen-bond donors (Lipinski definition) is 1. The first-order valence-corrected chi connectivity index (χ1v) is 5.95. The van der Waals surface area contributed by atoms with Crippen LogP contribution in [-0.2, 0) is 0 Å². The zero-order valence-corrected chi connectivity index (χ0v) is 8.39. The third kappa shape index (κ3) is 0.918. The van der Waals surface area contributed by atoms with Gasteiger partial charge in [0.1, 0.15) is 0 Å². The van der Waals surface area contributed by atoms with Crippen molar-refractivity contribution in [1.29, 1.82) is 0 Å². The molecule has 74 valence electrons. The SMILES string of the molecule is OC1CCC23CCCCC2(CC3)C1. The third-order valence-electron chi connectivity index (χ3n) is 5.35. The molecule has 0 heterocycles. The molecule has 3 aliphatic rings. The highest BCUT2D eigenvalue weighted by Gasteiger charge is 2.60. The number of aliphatic hydroxyl groups excluding tert-OH is 1. The van der Waals surface area contributed by atoms with Crippen LogP contribution < -0.4 is 0 Å². The summed E-state index contributed by atoms with van der Waals surface area (Å²) >= 11 is 0. The summed E-state index contributed by atoms with van der Waals surface area (Å²) in [5.74, 6) is 0. The number of aliphatic hydroxyl groups is 1. The summed E-state index contributed by atoms with van der Waals surface area (Å²) in [6.07, 6.45) is 12.2. The van der Waals surface area contributed by atoms with E-state index >= 15 is 0 Å². The quantitative estimate of drug-likeness (QED) is 0.607. The molecule has 1 N–H and O–H groups in total. The van der Waals surface area contributed by atoms with Gasteiger partial charge in [0.2, 0.25) is 0 Å². The Morgan fingerprint density at radius 3 is 2.23 bits per heavy atom. The molecule has 1 nitrogen and oxygen atoms in total. The molecule has 3 rings (SSSR count). The zero-order chi connectivity index (χ0) is 8.94.